The van der Waals surface area contributed by atoms with Crippen molar-refractivity contribution in [1.82, 2.24) is 14.7 Å². The average Bonchev–Trinajstić information content (AvgIpc) is 2.43. The first-order chi connectivity index (χ1) is 10.0. The van der Waals surface area contributed by atoms with Crippen molar-refractivity contribution in [3.8, 4) is 0 Å². The number of piperazine rings is 1. The summed E-state index contributed by atoms with van der Waals surface area (Å²) in [5, 5.41) is 0. The second-order valence-electron chi connectivity index (χ2n) is 6.21. The Bertz CT molecular complexity index is 414. The van der Waals surface area contributed by atoms with E-state index in [2.05, 4.69) is 53.8 Å². The molecule has 0 aliphatic carbocycles. The molecule has 0 amide bonds. The molecule has 0 spiro atoms. The first-order valence-corrected chi connectivity index (χ1v) is 8.42. The van der Waals surface area contributed by atoms with Crippen LogP contribution >= 0.6 is 12.6 Å². The topological polar surface area (TPSA) is 9.72 Å². The zero-order valence-corrected chi connectivity index (χ0v) is 14.5. The van der Waals surface area contributed by atoms with Crippen molar-refractivity contribution in [1.29, 1.82) is 0 Å². The predicted molar refractivity (Wildman–Crippen MR) is 94.7 cm³/mol. The Morgan fingerprint density at radius 2 is 1.81 bits per heavy atom. The highest BCUT2D eigenvalue weighted by molar-refractivity contribution is 7.84. The molecule has 118 valence electrons. The van der Waals surface area contributed by atoms with E-state index in [0.29, 0.717) is 6.04 Å². The highest BCUT2D eigenvalue weighted by Gasteiger charge is 2.34. The van der Waals surface area contributed by atoms with Crippen molar-refractivity contribution < 1.29 is 0 Å². The molecule has 0 unspecified atom stereocenters. The number of thiol groups is 1. The van der Waals surface area contributed by atoms with E-state index >= 15 is 0 Å². The van der Waals surface area contributed by atoms with Gasteiger partial charge in [0.15, 0.2) is 0 Å². The minimum atomic E-state index is 0.687. The Hall–Kier alpha value is -0.710. The maximum absolute atomic E-state index is 4.44. The first kappa shape index (κ1) is 16.7. The number of nitrogens with zero attached hydrogens (tertiary/aromatic N) is 3. The number of hydrogen-bond acceptors (Lipinski definition) is 4. The molecule has 0 aromatic carbocycles. The van der Waals surface area contributed by atoms with Gasteiger partial charge in [0.25, 0.3) is 0 Å². The van der Waals surface area contributed by atoms with Crippen LogP contribution in [-0.2, 0) is 0 Å². The average molecular weight is 308 g/mol. The summed E-state index contributed by atoms with van der Waals surface area (Å²) < 4.78 is 0. The smallest absolute Gasteiger partial charge is 0.0372 e. The van der Waals surface area contributed by atoms with Gasteiger partial charge in [-0.15, -0.1) is 12.6 Å². The summed E-state index contributed by atoms with van der Waals surface area (Å²) >= 11 is 4.44. The molecule has 0 radical (unpaired) electrons. The van der Waals surface area contributed by atoms with E-state index < -0.39 is 0 Å². The van der Waals surface area contributed by atoms with Gasteiger partial charge in [-0.05, 0) is 32.9 Å². The summed E-state index contributed by atoms with van der Waals surface area (Å²) in [6, 6.07) is 1.45. The molecule has 2 rings (SSSR count). The molecule has 0 aromatic heterocycles. The lowest BCUT2D eigenvalue weighted by molar-refractivity contribution is -0.00429. The van der Waals surface area contributed by atoms with Crippen molar-refractivity contribution in [2.45, 2.75) is 32.9 Å². The van der Waals surface area contributed by atoms with Crippen LogP contribution in [0.15, 0.2) is 35.4 Å². The van der Waals surface area contributed by atoms with E-state index in [-0.39, 0.29) is 0 Å². The number of rotatable bonds is 5. The molecule has 0 N–H and O–H groups in total. The van der Waals surface area contributed by atoms with Crippen molar-refractivity contribution >= 4 is 12.6 Å². The van der Waals surface area contributed by atoms with Crippen LogP contribution in [0, 0.1) is 0 Å². The molecule has 2 saturated heterocycles. The quantitative estimate of drug-likeness (QED) is 0.618. The Morgan fingerprint density at radius 1 is 1.19 bits per heavy atom. The third-order valence-corrected chi connectivity index (χ3v) is 5.00. The van der Waals surface area contributed by atoms with Crippen LogP contribution in [0.4, 0.5) is 0 Å². The molecule has 21 heavy (non-hydrogen) atoms. The summed E-state index contributed by atoms with van der Waals surface area (Å²) in [5.41, 5.74) is 1.19. The van der Waals surface area contributed by atoms with Gasteiger partial charge in [-0.1, -0.05) is 12.7 Å². The van der Waals surface area contributed by atoms with E-state index in [1.807, 2.05) is 19.1 Å². The molecule has 0 saturated carbocycles. The van der Waals surface area contributed by atoms with Gasteiger partial charge in [0.05, 0.1) is 0 Å². The van der Waals surface area contributed by atoms with Crippen molar-refractivity contribution in [2.75, 3.05) is 39.3 Å². The maximum Gasteiger partial charge on any atom is 0.0372 e. The summed E-state index contributed by atoms with van der Waals surface area (Å²) in [7, 11) is 0. The number of allylic oxidation sites excluding steroid dienone is 3. The maximum atomic E-state index is 4.44. The number of likely N-dealkylation sites (tertiary alicyclic amines) is 1. The second-order valence-corrected chi connectivity index (χ2v) is 6.73. The fourth-order valence-electron chi connectivity index (χ4n) is 3.00. The van der Waals surface area contributed by atoms with Crippen molar-refractivity contribution in [3.05, 3.63) is 35.4 Å². The molecule has 0 bridgehead atoms. The van der Waals surface area contributed by atoms with Gasteiger partial charge in [0.2, 0.25) is 0 Å². The SMILES string of the molecule is C=C/C(=C\C(S)=C/C)N1CCN(C2CN(C(C)C)C2)CC1. The molecule has 2 aliphatic rings. The van der Waals surface area contributed by atoms with E-state index in [1.54, 1.807) is 0 Å². The Kier molecular flexibility index (Phi) is 5.97. The fourth-order valence-corrected chi connectivity index (χ4v) is 3.13. The van der Waals surface area contributed by atoms with E-state index in [1.165, 1.54) is 18.8 Å². The Morgan fingerprint density at radius 3 is 2.29 bits per heavy atom. The molecule has 2 heterocycles. The molecular weight excluding hydrogens is 278 g/mol. The largest absolute Gasteiger partial charge is 0.369 e. The van der Waals surface area contributed by atoms with Crippen LogP contribution in [0.2, 0.25) is 0 Å². The van der Waals surface area contributed by atoms with E-state index in [0.717, 1.165) is 37.1 Å². The first-order valence-electron chi connectivity index (χ1n) is 7.97. The third-order valence-electron chi connectivity index (χ3n) is 4.62. The molecule has 2 fully saturated rings. The van der Waals surface area contributed by atoms with Gasteiger partial charge in [0, 0.05) is 62.0 Å². The van der Waals surface area contributed by atoms with Gasteiger partial charge >= 0.3 is 0 Å². The van der Waals surface area contributed by atoms with Gasteiger partial charge in [-0.2, -0.15) is 0 Å². The minimum Gasteiger partial charge on any atom is -0.369 e. The zero-order chi connectivity index (χ0) is 15.4. The highest BCUT2D eigenvalue weighted by atomic mass is 32.1. The van der Waals surface area contributed by atoms with Crippen LogP contribution < -0.4 is 0 Å². The van der Waals surface area contributed by atoms with Crippen molar-refractivity contribution in [2.24, 2.45) is 0 Å². The molecule has 0 atom stereocenters. The van der Waals surface area contributed by atoms with Crippen LogP contribution in [0.3, 0.4) is 0 Å². The third kappa shape index (κ3) is 4.15. The Labute approximate surface area is 135 Å². The molecular formula is C17H29N3S. The van der Waals surface area contributed by atoms with Crippen molar-refractivity contribution in [3.63, 3.8) is 0 Å². The summed E-state index contributed by atoms with van der Waals surface area (Å²) in [5.74, 6) is 0. The van der Waals surface area contributed by atoms with Gasteiger partial charge in [-0.3, -0.25) is 9.80 Å². The standard InChI is InChI=1S/C17H29N3S/c1-5-15(11-17(21)6-2)18-7-9-19(10-8-18)16-12-20(13-16)14(3)4/h5-6,11,14,16,21H,1,7-10,12-13H2,2-4H3/b15-11+,17-6+. The lowest BCUT2D eigenvalue weighted by Crippen LogP contribution is -2.64. The van der Waals surface area contributed by atoms with Crippen LogP contribution in [-0.4, -0.2) is 66.1 Å². The summed E-state index contributed by atoms with van der Waals surface area (Å²) in [6.45, 7) is 17.5. The normalized spacial score (nSPS) is 23.6. The fraction of sp³-hybridized carbons (Fsp3) is 0.647. The summed E-state index contributed by atoms with van der Waals surface area (Å²) in [6.07, 6.45) is 6.06. The van der Waals surface area contributed by atoms with Crippen LogP contribution in [0.25, 0.3) is 0 Å². The lowest BCUT2D eigenvalue weighted by Gasteiger charge is -2.50. The molecule has 3 nitrogen and oxygen atoms in total. The molecule has 4 heteroatoms. The van der Waals surface area contributed by atoms with Crippen LogP contribution in [0.5, 0.6) is 0 Å². The van der Waals surface area contributed by atoms with Gasteiger partial charge < -0.3 is 4.90 Å². The summed E-state index contributed by atoms with van der Waals surface area (Å²) in [4.78, 5) is 8.61. The van der Waals surface area contributed by atoms with Gasteiger partial charge in [0.1, 0.15) is 0 Å². The highest BCUT2D eigenvalue weighted by Crippen LogP contribution is 2.21. The monoisotopic (exact) mass is 307 g/mol. The Balaban J connectivity index is 1.83. The number of hydrogen-bond donors (Lipinski definition) is 1. The predicted octanol–water partition coefficient (Wildman–Crippen LogP) is 2.60. The molecule has 2 aliphatic heterocycles. The van der Waals surface area contributed by atoms with E-state index in [4.69, 9.17) is 0 Å². The zero-order valence-electron chi connectivity index (χ0n) is 13.6. The van der Waals surface area contributed by atoms with Gasteiger partial charge in [-0.25, -0.2) is 0 Å². The van der Waals surface area contributed by atoms with Crippen LogP contribution in [0.1, 0.15) is 20.8 Å². The van der Waals surface area contributed by atoms with E-state index in [9.17, 15) is 0 Å². The second kappa shape index (κ2) is 7.52. The molecule has 0 aromatic rings. The lowest BCUT2D eigenvalue weighted by atomic mass is 10.0. The minimum absolute atomic E-state index is 0.687.